The van der Waals surface area contributed by atoms with Gasteiger partial charge in [-0.15, -0.1) is 5.10 Å². The average molecular weight is 589 g/mol. The number of benzene rings is 1. The van der Waals surface area contributed by atoms with Crippen LogP contribution in [0.15, 0.2) is 23.0 Å². The van der Waals surface area contributed by atoms with Crippen LogP contribution >= 0.6 is 0 Å². The zero-order chi connectivity index (χ0) is 29.6. The third kappa shape index (κ3) is 4.83. The molecule has 1 aromatic carbocycles. The Kier molecular flexibility index (Phi) is 7.53. The van der Waals surface area contributed by atoms with Gasteiger partial charge in [0.25, 0.3) is 17.4 Å². The van der Waals surface area contributed by atoms with Gasteiger partial charge in [0, 0.05) is 38.3 Å². The molecule has 0 saturated heterocycles. The van der Waals surface area contributed by atoms with Crippen molar-refractivity contribution in [3.05, 3.63) is 51.2 Å². The zero-order valence-electron chi connectivity index (χ0n) is 23.4. The Hall–Kier alpha value is -3.94. The first kappa shape index (κ1) is 28.6. The standard InChI is InChI=1S/C27H33FN6O6S/c1-5-32-14-16(2)34-21-20(23(40-4)22(34)27(32)37)26(36)33-15-17-9-10-18(28)13-19(17)25(35)29-11-7-6-8-12-41(38,39)31(3)24(21)30-33/h9-10,13,16H,5-8,11-12,14-15H2,1-4H3,(H,29,35)/t16-/m0/s1. The Balaban J connectivity index is 1.85. The minimum atomic E-state index is -3.90. The van der Waals surface area contributed by atoms with Crippen molar-refractivity contribution >= 4 is 38.6 Å². The predicted molar refractivity (Wildman–Crippen MR) is 151 cm³/mol. The van der Waals surface area contributed by atoms with Crippen LogP contribution in [0.25, 0.3) is 10.9 Å². The van der Waals surface area contributed by atoms with E-state index in [1.54, 1.807) is 9.47 Å². The highest BCUT2D eigenvalue weighted by Crippen LogP contribution is 2.41. The van der Waals surface area contributed by atoms with Crippen molar-refractivity contribution in [2.24, 2.45) is 0 Å². The fourth-order valence-electron chi connectivity index (χ4n) is 5.60. The number of nitrogens with one attached hydrogen (secondary N) is 1. The Morgan fingerprint density at radius 3 is 2.63 bits per heavy atom. The minimum Gasteiger partial charge on any atom is -0.493 e. The second kappa shape index (κ2) is 10.8. The van der Waals surface area contributed by atoms with E-state index in [0.29, 0.717) is 37.9 Å². The number of fused-ring (bicyclic) bond motifs is 7. The number of hydrogen-bond acceptors (Lipinski definition) is 7. The van der Waals surface area contributed by atoms with Crippen LogP contribution in [-0.2, 0) is 16.6 Å². The van der Waals surface area contributed by atoms with E-state index < -0.39 is 27.3 Å². The number of carbonyl (C=O) groups excluding carboxylic acids is 2. The van der Waals surface area contributed by atoms with E-state index in [4.69, 9.17) is 4.74 Å². The molecule has 2 aliphatic rings. The maximum atomic E-state index is 14.2. The number of aromatic nitrogens is 3. The van der Waals surface area contributed by atoms with Gasteiger partial charge in [0.1, 0.15) is 16.7 Å². The molecule has 12 nitrogen and oxygen atoms in total. The zero-order valence-corrected chi connectivity index (χ0v) is 24.3. The fraction of sp³-hybridized carbons (Fsp3) is 0.481. The molecule has 0 unspecified atom stereocenters. The van der Waals surface area contributed by atoms with Gasteiger partial charge in [0.15, 0.2) is 17.3 Å². The molecule has 2 aliphatic heterocycles. The molecule has 3 aromatic rings. The van der Waals surface area contributed by atoms with Crippen LogP contribution in [-0.4, -0.2) is 79.0 Å². The normalized spacial score (nSPS) is 19.7. The largest absolute Gasteiger partial charge is 0.493 e. The van der Waals surface area contributed by atoms with Gasteiger partial charge in [-0.2, -0.15) is 0 Å². The van der Waals surface area contributed by atoms with E-state index in [0.717, 1.165) is 15.1 Å². The molecule has 14 heteroatoms. The highest BCUT2D eigenvalue weighted by molar-refractivity contribution is 7.92. The monoisotopic (exact) mass is 588 g/mol. The molecule has 2 amide bonds. The van der Waals surface area contributed by atoms with Crippen molar-refractivity contribution in [2.45, 2.75) is 45.7 Å². The van der Waals surface area contributed by atoms with E-state index in [9.17, 15) is 27.2 Å². The first-order valence-electron chi connectivity index (χ1n) is 13.6. The van der Waals surface area contributed by atoms with Crippen molar-refractivity contribution in [1.29, 1.82) is 0 Å². The fourth-order valence-corrected chi connectivity index (χ4v) is 6.83. The van der Waals surface area contributed by atoms with Gasteiger partial charge in [-0.1, -0.05) is 12.5 Å². The lowest BCUT2D eigenvalue weighted by Crippen LogP contribution is -2.42. The van der Waals surface area contributed by atoms with Gasteiger partial charge in [-0.3, -0.25) is 18.7 Å². The molecule has 1 atom stereocenters. The summed E-state index contributed by atoms with van der Waals surface area (Å²) < 4.78 is 50.7. The van der Waals surface area contributed by atoms with Crippen molar-refractivity contribution in [2.75, 3.05) is 43.8 Å². The number of nitrogens with zero attached hydrogens (tertiary/aromatic N) is 5. The molecule has 4 heterocycles. The molecule has 2 bridgehead atoms. The van der Waals surface area contributed by atoms with Crippen LogP contribution in [0.3, 0.4) is 0 Å². The molecule has 0 spiro atoms. The number of anilines is 1. The lowest BCUT2D eigenvalue weighted by atomic mass is 10.1. The topological polar surface area (TPSA) is 136 Å². The van der Waals surface area contributed by atoms with Gasteiger partial charge in [0.05, 0.1) is 19.4 Å². The number of likely N-dealkylation sites (N-methyl/N-ethyl adjacent to an activating group) is 1. The molecule has 0 aliphatic carbocycles. The van der Waals surface area contributed by atoms with Crippen LogP contribution < -0.4 is 19.9 Å². The summed E-state index contributed by atoms with van der Waals surface area (Å²) in [5.74, 6) is -1.68. The Bertz CT molecular complexity index is 1720. The van der Waals surface area contributed by atoms with Crippen molar-refractivity contribution < 1.29 is 27.1 Å². The second-order valence-electron chi connectivity index (χ2n) is 10.4. The summed E-state index contributed by atoms with van der Waals surface area (Å²) >= 11 is 0. The number of hydrogen-bond donors (Lipinski definition) is 1. The summed E-state index contributed by atoms with van der Waals surface area (Å²) in [4.78, 5) is 42.2. The predicted octanol–water partition coefficient (Wildman–Crippen LogP) is 2.11. The van der Waals surface area contributed by atoms with E-state index in [-0.39, 0.29) is 64.5 Å². The molecule has 2 aromatic heterocycles. The molecule has 5 rings (SSSR count). The van der Waals surface area contributed by atoms with E-state index in [2.05, 4.69) is 10.4 Å². The molecule has 220 valence electrons. The summed E-state index contributed by atoms with van der Waals surface area (Å²) in [6, 6.07) is 3.36. The number of ether oxygens (including phenoxy) is 1. The summed E-state index contributed by atoms with van der Waals surface area (Å²) in [5.41, 5.74) is 0.0389. The molecule has 1 N–H and O–H groups in total. The number of rotatable bonds is 2. The number of amides is 2. The van der Waals surface area contributed by atoms with Crippen LogP contribution in [0.4, 0.5) is 10.2 Å². The quantitative estimate of drug-likeness (QED) is 0.484. The van der Waals surface area contributed by atoms with Crippen LogP contribution in [0, 0.1) is 5.82 Å². The number of halogens is 1. The third-order valence-electron chi connectivity index (χ3n) is 7.75. The van der Waals surface area contributed by atoms with Crippen LogP contribution in [0.1, 0.15) is 65.6 Å². The SMILES string of the molecule is CCN1C[C@H](C)n2c(c(OC)c3c(=O)n4nc(c32)N(C)S(=O)(=O)CCCCCNC(=O)c2cc(F)ccc2C4)C1=O. The minimum absolute atomic E-state index is 0.00475. The maximum Gasteiger partial charge on any atom is 0.280 e. The van der Waals surface area contributed by atoms with Crippen LogP contribution in [0.2, 0.25) is 0 Å². The Morgan fingerprint density at radius 1 is 1.17 bits per heavy atom. The summed E-state index contributed by atoms with van der Waals surface area (Å²) in [5, 5.41) is 7.27. The summed E-state index contributed by atoms with van der Waals surface area (Å²) in [6.07, 6.45) is 1.38. The lowest BCUT2D eigenvalue weighted by Gasteiger charge is -2.33. The molecule has 41 heavy (non-hydrogen) atoms. The molecule has 0 saturated carbocycles. The molecular formula is C27H33FN6O6S. The van der Waals surface area contributed by atoms with Crippen LogP contribution in [0.5, 0.6) is 5.75 Å². The van der Waals surface area contributed by atoms with Gasteiger partial charge in [-0.25, -0.2) is 17.5 Å². The smallest absolute Gasteiger partial charge is 0.280 e. The van der Waals surface area contributed by atoms with Gasteiger partial charge < -0.3 is 19.5 Å². The first-order chi connectivity index (χ1) is 19.5. The Morgan fingerprint density at radius 2 is 1.93 bits per heavy atom. The summed E-state index contributed by atoms with van der Waals surface area (Å²) in [6.45, 7) is 4.54. The van der Waals surface area contributed by atoms with Crippen molar-refractivity contribution in [3.8, 4) is 5.75 Å². The first-order valence-corrected chi connectivity index (χ1v) is 15.2. The van der Waals surface area contributed by atoms with Gasteiger partial charge in [-0.05, 0) is 44.4 Å². The van der Waals surface area contributed by atoms with Gasteiger partial charge >= 0.3 is 0 Å². The number of carbonyl (C=O) groups is 2. The molecule has 0 radical (unpaired) electrons. The highest BCUT2D eigenvalue weighted by atomic mass is 32.2. The summed E-state index contributed by atoms with van der Waals surface area (Å²) in [7, 11) is -1.18. The average Bonchev–Trinajstić information content (AvgIpc) is 3.30. The molecule has 0 fully saturated rings. The van der Waals surface area contributed by atoms with E-state index >= 15 is 0 Å². The van der Waals surface area contributed by atoms with E-state index in [1.165, 1.54) is 26.3 Å². The highest BCUT2D eigenvalue weighted by Gasteiger charge is 2.39. The number of methoxy groups -OCH3 is 1. The maximum absolute atomic E-state index is 14.2. The lowest BCUT2D eigenvalue weighted by molar-refractivity contribution is 0.0685. The molecular weight excluding hydrogens is 555 g/mol. The van der Waals surface area contributed by atoms with Gasteiger partial charge in [0.2, 0.25) is 10.0 Å². The van der Waals surface area contributed by atoms with Crippen molar-refractivity contribution in [3.63, 3.8) is 0 Å². The number of sulfonamides is 1. The van der Waals surface area contributed by atoms with E-state index in [1.807, 2.05) is 13.8 Å². The second-order valence-corrected chi connectivity index (χ2v) is 12.5. The Labute approximate surface area is 236 Å². The van der Waals surface area contributed by atoms with Crippen molar-refractivity contribution in [1.82, 2.24) is 24.6 Å². The third-order valence-corrected chi connectivity index (χ3v) is 9.57.